The average molecular weight is 343 g/mol. The highest BCUT2D eigenvalue weighted by Crippen LogP contribution is 2.38. The van der Waals surface area contributed by atoms with Crippen molar-refractivity contribution in [1.29, 1.82) is 0 Å². The molecule has 1 aliphatic carbocycles. The molecule has 0 radical (unpaired) electrons. The van der Waals surface area contributed by atoms with Crippen molar-refractivity contribution in [2.24, 2.45) is 5.41 Å². The van der Waals surface area contributed by atoms with Gasteiger partial charge in [0.15, 0.2) is 0 Å². The van der Waals surface area contributed by atoms with Gasteiger partial charge in [-0.05, 0) is 49.9 Å². The number of urea groups is 1. The standard InChI is InChI=1S/C20H29N3O2/c1-20(12-4-5-13-20)18(24)21-16-8-10-17(11-9-16)22-19(25)23-14-6-2-3-7-15-23/h8-11H,2-7,12-15H2,1H3,(H,21,24)(H,22,25). The fraction of sp³-hybridized carbons (Fsp3) is 0.600. The molecule has 1 saturated heterocycles. The SMILES string of the molecule is CC1(C(=O)Nc2ccc(NC(=O)N3CCCCCC3)cc2)CCCC1. The van der Waals surface area contributed by atoms with Crippen molar-refractivity contribution in [3.05, 3.63) is 24.3 Å². The minimum atomic E-state index is -0.236. The van der Waals surface area contributed by atoms with Crippen LogP contribution in [0.25, 0.3) is 0 Å². The number of nitrogens with one attached hydrogen (secondary N) is 2. The molecule has 0 atom stereocenters. The molecule has 0 spiro atoms. The van der Waals surface area contributed by atoms with Crippen LogP contribution in [-0.4, -0.2) is 29.9 Å². The third-order valence-corrected chi connectivity index (χ3v) is 5.54. The quantitative estimate of drug-likeness (QED) is 0.841. The van der Waals surface area contributed by atoms with E-state index >= 15 is 0 Å². The van der Waals surface area contributed by atoms with Gasteiger partial charge in [0.05, 0.1) is 0 Å². The molecule has 5 nitrogen and oxygen atoms in total. The molecule has 0 bridgehead atoms. The zero-order valence-corrected chi connectivity index (χ0v) is 15.1. The van der Waals surface area contributed by atoms with Gasteiger partial charge in [-0.1, -0.05) is 32.6 Å². The fourth-order valence-electron chi connectivity index (χ4n) is 3.78. The Morgan fingerprint density at radius 2 is 1.36 bits per heavy atom. The van der Waals surface area contributed by atoms with Crippen LogP contribution in [0, 0.1) is 5.41 Å². The number of carbonyl (C=O) groups is 2. The molecule has 1 aliphatic heterocycles. The first-order chi connectivity index (χ1) is 12.1. The molecule has 1 saturated carbocycles. The van der Waals surface area contributed by atoms with E-state index in [1.165, 1.54) is 12.8 Å². The summed E-state index contributed by atoms with van der Waals surface area (Å²) in [5.41, 5.74) is 1.31. The zero-order valence-electron chi connectivity index (χ0n) is 15.1. The topological polar surface area (TPSA) is 61.4 Å². The van der Waals surface area contributed by atoms with Crippen LogP contribution in [0.15, 0.2) is 24.3 Å². The van der Waals surface area contributed by atoms with Gasteiger partial charge in [-0.15, -0.1) is 0 Å². The van der Waals surface area contributed by atoms with Crippen LogP contribution in [0.4, 0.5) is 16.2 Å². The Morgan fingerprint density at radius 3 is 1.92 bits per heavy atom. The van der Waals surface area contributed by atoms with E-state index in [1.54, 1.807) is 0 Å². The van der Waals surface area contributed by atoms with Gasteiger partial charge >= 0.3 is 6.03 Å². The fourth-order valence-corrected chi connectivity index (χ4v) is 3.78. The van der Waals surface area contributed by atoms with Gasteiger partial charge in [0, 0.05) is 29.9 Å². The second-order valence-corrected chi connectivity index (χ2v) is 7.63. The maximum absolute atomic E-state index is 12.5. The van der Waals surface area contributed by atoms with Crippen LogP contribution in [-0.2, 0) is 4.79 Å². The Hall–Kier alpha value is -2.04. The van der Waals surface area contributed by atoms with E-state index in [9.17, 15) is 9.59 Å². The Bertz CT molecular complexity index is 598. The predicted molar refractivity (Wildman–Crippen MR) is 101 cm³/mol. The summed E-state index contributed by atoms with van der Waals surface area (Å²) < 4.78 is 0. The summed E-state index contributed by atoms with van der Waals surface area (Å²) in [6, 6.07) is 7.38. The molecule has 3 rings (SSSR count). The predicted octanol–water partition coefficient (Wildman–Crippen LogP) is 4.61. The third-order valence-electron chi connectivity index (χ3n) is 5.54. The first-order valence-electron chi connectivity index (χ1n) is 9.54. The molecule has 25 heavy (non-hydrogen) atoms. The van der Waals surface area contributed by atoms with E-state index in [0.717, 1.165) is 63.0 Å². The number of amides is 3. The Labute approximate surface area is 150 Å². The van der Waals surface area contributed by atoms with Crippen molar-refractivity contribution in [1.82, 2.24) is 4.90 Å². The van der Waals surface area contributed by atoms with E-state index in [0.29, 0.717) is 0 Å². The van der Waals surface area contributed by atoms with Gasteiger partial charge in [0.1, 0.15) is 0 Å². The minimum Gasteiger partial charge on any atom is -0.326 e. The smallest absolute Gasteiger partial charge is 0.321 e. The molecule has 1 heterocycles. The van der Waals surface area contributed by atoms with Gasteiger partial charge in [-0.25, -0.2) is 4.79 Å². The van der Waals surface area contributed by atoms with Gasteiger partial charge in [-0.2, -0.15) is 0 Å². The lowest BCUT2D eigenvalue weighted by atomic mass is 9.88. The molecule has 2 aliphatic rings. The van der Waals surface area contributed by atoms with E-state index in [1.807, 2.05) is 36.1 Å². The second-order valence-electron chi connectivity index (χ2n) is 7.63. The van der Waals surface area contributed by atoms with Crippen LogP contribution in [0.2, 0.25) is 0 Å². The molecular formula is C20H29N3O2. The van der Waals surface area contributed by atoms with E-state index in [-0.39, 0.29) is 17.4 Å². The van der Waals surface area contributed by atoms with Crippen LogP contribution in [0.1, 0.15) is 58.3 Å². The summed E-state index contributed by atoms with van der Waals surface area (Å²) >= 11 is 0. The molecule has 136 valence electrons. The monoisotopic (exact) mass is 343 g/mol. The summed E-state index contributed by atoms with van der Waals surface area (Å²) in [6.45, 7) is 3.71. The number of nitrogens with zero attached hydrogens (tertiary/aromatic N) is 1. The number of hydrogen-bond acceptors (Lipinski definition) is 2. The van der Waals surface area contributed by atoms with Crippen molar-refractivity contribution < 1.29 is 9.59 Å². The maximum Gasteiger partial charge on any atom is 0.321 e. The highest BCUT2D eigenvalue weighted by Gasteiger charge is 2.36. The number of carbonyl (C=O) groups excluding carboxylic acids is 2. The first-order valence-corrected chi connectivity index (χ1v) is 9.54. The number of anilines is 2. The Balaban J connectivity index is 1.54. The lowest BCUT2D eigenvalue weighted by Gasteiger charge is -2.22. The number of benzene rings is 1. The van der Waals surface area contributed by atoms with Crippen LogP contribution < -0.4 is 10.6 Å². The molecular weight excluding hydrogens is 314 g/mol. The van der Waals surface area contributed by atoms with Crippen LogP contribution >= 0.6 is 0 Å². The summed E-state index contributed by atoms with van der Waals surface area (Å²) in [4.78, 5) is 26.7. The highest BCUT2D eigenvalue weighted by molar-refractivity contribution is 5.95. The normalized spacial score (nSPS) is 20.0. The highest BCUT2D eigenvalue weighted by atomic mass is 16.2. The van der Waals surface area contributed by atoms with E-state index in [2.05, 4.69) is 10.6 Å². The van der Waals surface area contributed by atoms with Crippen LogP contribution in [0.3, 0.4) is 0 Å². The third kappa shape index (κ3) is 4.53. The Morgan fingerprint density at radius 1 is 0.840 bits per heavy atom. The lowest BCUT2D eigenvalue weighted by Crippen LogP contribution is -2.35. The van der Waals surface area contributed by atoms with Crippen molar-refractivity contribution in [3.63, 3.8) is 0 Å². The minimum absolute atomic E-state index is 0.0304. The van der Waals surface area contributed by atoms with Gasteiger partial charge in [-0.3, -0.25) is 4.79 Å². The van der Waals surface area contributed by atoms with E-state index in [4.69, 9.17) is 0 Å². The summed E-state index contributed by atoms with van der Waals surface area (Å²) in [6.07, 6.45) is 8.75. The Kier molecular flexibility index (Phi) is 5.61. The van der Waals surface area contributed by atoms with Crippen LogP contribution in [0.5, 0.6) is 0 Å². The molecule has 1 aromatic rings. The molecule has 0 aromatic heterocycles. The molecule has 5 heteroatoms. The molecule has 3 amide bonds. The van der Waals surface area contributed by atoms with Gasteiger partial charge < -0.3 is 15.5 Å². The summed E-state index contributed by atoms with van der Waals surface area (Å²) in [5, 5.41) is 5.97. The van der Waals surface area contributed by atoms with Crippen molar-refractivity contribution >= 4 is 23.3 Å². The molecule has 2 N–H and O–H groups in total. The second kappa shape index (κ2) is 7.89. The lowest BCUT2D eigenvalue weighted by molar-refractivity contribution is -0.124. The summed E-state index contributed by atoms with van der Waals surface area (Å²) in [7, 11) is 0. The molecule has 2 fully saturated rings. The molecule has 0 unspecified atom stereocenters. The molecule has 1 aromatic carbocycles. The first kappa shape index (κ1) is 17.8. The van der Waals surface area contributed by atoms with Crippen molar-refractivity contribution in [3.8, 4) is 0 Å². The number of hydrogen-bond donors (Lipinski definition) is 2. The number of likely N-dealkylation sites (tertiary alicyclic amines) is 1. The zero-order chi connectivity index (χ0) is 17.7. The maximum atomic E-state index is 12.5. The van der Waals surface area contributed by atoms with E-state index < -0.39 is 0 Å². The van der Waals surface area contributed by atoms with Crippen molar-refractivity contribution in [2.45, 2.75) is 58.3 Å². The van der Waals surface area contributed by atoms with Gasteiger partial charge in [0.2, 0.25) is 5.91 Å². The summed E-state index contributed by atoms with van der Waals surface area (Å²) in [5.74, 6) is 0.103. The average Bonchev–Trinajstić information content (AvgIpc) is 2.89. The number of rotatable bonds is 3. The van der Waals surface area contributed by atoms with Gasteiger partial charge in [0.25, 0.3) is 0 Å². The largest absolute Gasteiger partial charge is 0.326 e. The van der Waals surface area contributed by atoms with Crippen molar-refractivity contribution in [2.75, 3.05) is 23.7 Å².